The van der Waals surface area contributed by atoms with E-state index in [4.69, 9.17) is 0 Å². The van der Waals surface area contributed by atoms with Crippen LogP contribution in [0.5, 0.6) is 0 Å². The van der Waals surface area contributed by atoms with Gasteiger partial charge in [0.25, 0.3) is 0 Å². The van der Waals surface area contributed by atoms with Gasteiger partial charge in [0.05, 0.1) is 5.69 Å². The molecule has 0 spiro atoms. The standard InChI is InChI=1S/C15H17FN4O.2ClH/c1-10(20-8-2-6-18-20)15(21)19-13-4-3-11-9-17-7-5-12(11)14(13)16;;/h2-4,6,8,10,17H,5,7,9H2,1H3,(H,19,21);2*1H. The normalized spacial score (nSPS) is 14.0. The van der Waals surface area contributed by atoms with Crippen LogP contribution >= 0.6 is 24.8 Å². The van der Waals surface area contributed by atoms with Crippen LogP contribution in [0.25, 0.3) is 0 Å². The van der Waals surface area contributed by atoms with E-state index in [2.05, 4.69) is 15.7 Å². The number of benzene rings is 1. The summed E-state index contributed by atoms with van der Waals surface area (Å²) in [4.78, 5) is 12.2. The van der Waals surface area contributed by atoms with E-state index >= 15 is 0 Å². The Morgan fingerprint density at radius 1 is 1.43 bits per heavy atom. The minimum atomic E-state index is -0.489. The topological polar surface area (TPSA) is 59.0 Å². The fourth-order valence-electron chi connectivity index (χ4n) is 2.50. The number of hydrogen-bond acceptors (Lipinski definition) is 3. The Morgan fingerprint density at radius 2 is 2.22 bits per heavy atom. The van der Waals surface area contributed by atoms with Gasteiger partial charge in [-0.3, -0.25) is 9.48 Å². The van der Waals surface area contributed by atoms with Gasteiger partial charge in [-0.25, -0.2) is 4.39 Å². The van der Waals surface area contributed by atoms with Crippen molar-refractivity contribution in [2.45, 2.75) is 25.9 Å². The number of anilines is 1. The van der Waals surface area contributed by atoms with E-state index in [9.17, 15) is 9.18 Å². The van der Waals surface area contributed by atoms with E-state index in [-0.39, 0.29) is 42.2 Å². The van der Waals surface area contributed by atoms with E-state index in [1.165, 1.54) is 4.68 Å². The van der Waals surface area contributed by atoms with Gasteiger partial charge < -0.3 is 10.6 Å². The second-order valence-corrected chi connectivity index (χ2v) is 5.14. The van der Waals surface area contributed by atoms with Gasteiger partial charge in [0.15, 0.2) is 0 Å². The van der Waals surface area contributed by atoms with Crippen LogP contribution in [0.1, 0.15) is 24.1 Å². The molecule has 0 fully saturated rings. The fourth-order valence-corrected chi connectivity index (χ4v) is 2.50. The molecule has 1 aromatic carbocycles. The molecule has 0 saturated carbocycles. The zero-order chi connectivity index (χ0) is 14.8. The van der Waals surface area contributed by atoms with E-state index in [1.54, 1.807) is 31.5 Å². The second kappa shape index (κ2) is 8.29. The van der Waals surface area contributed by atoms with Crippen molar-refractivity contribution < 1.29 is 9.18 Å². The van der Waals surface area contributed by atoms with E-state index < -0.39 is 6.04 Å². The molecule has 126 valence electrons. The lowest BCUT2D eigenvalue weighted by molar-refractivity contribution is -0.119. The summed E-state index contributed by atoms with van der Waals surface area (Å²) >= 11 is 0. The highest BCUT2D eigenvalue weighted by atomic mass is 35.5. The van der Waals surface area contributed by atoms with Gasteiger partial charge in [-0.1, -0.05) is 6.07 Å². The fraction of sp³-hybridized carbons (Fsp3) is 0.333. The van der Waals surface area contributed by atoms with Crippen molar-refractivity contribution in [3.8, 4) is 0 Å². The lowest BCUT2D eigenvalue weighted by Gasteiger charge is -2.20. The molecule has 1 aliphatic rings. The van der Waals surface area contributed by atoms with Crippen molar-refractivity contribution in [2.75, 3.05) is 11.9 Å². The lowest BCUT2D eigenvalue weighted by Crippen LogP contribution is -2.27. The zero-order valence-corrected chi connectivity index (χ0v) is 14.2. The number of nitrogens with zero attached hydrogens (tertiary/aromatic N) is 2. The van der Waals surface area contributed by atoms with Crippen LogP contribution in [-0.4, -0.2) is 22.2 Å². The largest absolute Gasteiger partial charge is 0.322 e. The number of nitrogens with one attached hydrogen (secondary N) is 2. The highest BCUT2D eigenvalue weighted by molar-refractivity contribution is 5.93. The lowest BCUT2D eigenvalue weighted by atomic mass is 9.99. The van der Waals surface area contributed by atoms with Crippen molar-refractivity contribution in [3.05, 3.63) is 47.5 Å². The molecule has 1 aromatic heterocycles. The molecule has 0 radical (unpaired) electrons. The van der Waals surface area contributed by atoms with Gasteiger partial charge in [0, 0.05) is 18.9 Å². The molecule has 2 heterocycles. The van der Waals surface area contributed by atoms with Crippen molar-refractivity contribution in [3.63, 3.8) is 0 Å². The molecule has 1 amide bonds. The summed E-state index contributed by atoms with van der Waals surface area (Å²) in [6, 6.07) is 4.74. The highest BCUT2D eigenvalue weighted by Crippen LogP contribution is 2.25. The predicted molar refractivity (Wildman–Crippen MR) is 91.9 cm³/mol. The summed E-state index contributed by atoms with van der Waals surface area (Å²) in [5.41, 5.74) is 1.88. The molecule has 8 heteroatoms. The maximum atomic E-state index is 14.5. The van der Waals surface area contributed by atoms with Crippen LogP contribution < -0.4 is 10.6 Å². The minimum absolute atomic E-state index is 0. The van der Waals surface area contributed by atoms with Crippen molar-refractivity contribution in [2.24, 2.45) is 0 Å². The summed E-state index contributed by atoms with van der Waals surface area (Å²) in [6.45, 7) is 3.15. The molecular formula is C15H19Cl2FN4O. The van der Waals surface area contributed by atoms with Crippen LogP contribution in [0, 0.1) is 5.82 Å². The van der Waals surface area contributed by atoms with Crippen LogP contribution in [0.3, 0.4) is 0 Å². The summed E-state index contributed by atoms with van der Waals surface area (Å²) in [6.07, 6.45) is 3.95. The Hall–Kier alpha value is -1.63. The van der Waals surface area contributed by atoms with Crippen molar-refractivity contribution >= 4 is 36.4 Å². The molecular weight excluding hydrogens is 342 g/mol. The Bertz CT molecular complexity index is 664. The second-order valence-electron chi connectivity index (χ2n) is 5.14. The monoisotopic (exact) mass is 360 g/mol. The van der Waals surface area contributed by atoms with Crippen LogP contribution in [0.2, 0.25) is 0 Å². The number of halogens is 3. The molecule has 1 aliphatic heterocycles. The highest BCUT2D eigenvalue weighted by Gasteiger charge is 2.20. The van der Waals surface area contributed by atoms with E-state index in [1.807, 2.05) is 6.07 Å². The molecule has 5 nitrogen and oxygen atoms in total. The van der Waals surface area contributed by atoms with Crippen molar-refractivity contribution in [1.82, 2.24) is 15.1 Å². The molecule has 1 unspecified atom stereocenters. The molecule has 2 N–H and O–H groups in total. The maximum Gasteiger partial charge on any atom is 0.249 e. The average molecular weight is 361 g/mol. The first kappa shape index (κ1) is 19.4. The number of hydrogen-bond donors (Lipinski definition) is 2. The molecule has 1 atom stereocenters. The third kappa shape index (κ3) is 4.02. The van der Waals surface area contributed by atoms with Gasteiger partial charge in [-0.15, -0.1) is 24.8 Å². The molecule has 0 bridgehead atoms. The quantitative estimate of drug-likeness (QED) is 0.884. The first-order valence-electron chi connectivity index (χ1n) is 6.98. The van der Waals surface area contributed by atoms with Gasteiger partial charge >= 0.3 is 0 Å². The van der Waals surface area contributed by atoms with E-state index in [0.29, 0.717) is 18.5 Å². The molecule has 0 aliphatic carbocycles. The Morgan fingerprint density at radius 3 is 2.91 bits per heavy atom. The summed E-state index contributed by atoms with van der Waals surface area (Å²) < 4.78 is 16.0. The van der Waals surface area contributed by atoms with E-state index in [0.717, 1.165) is 12.1 Å². The average Bonchev–Trinajstić information content (AvgIpc) is 3.04. The number of carbonyl (C=O) groups excluding carboxylic acids is 1. The van der Waals surface area contributed by atoms with Crippen molar-refractivity contribution in [1.29, 1.82) is 0 Å². The zero-order valence-electron chi connectivity index (χ0n) is 12.6. The predicted octanol–water partition coefficient (Wildman–Crippen LogP) is 2.71. The summed E-state index contributed by atoms with van der Waals surface area (Å²) in [5.74, 6) is -0.610. The molecule has 23 heavy (non-hydrogen) atoms. The van der Waals surface area contributed by atoms with Crippen LogP contribution in [0.4, 0.5) is 10.1 Å². The van der Waals surface area contributed by atoms with Gasteiger partial charge in [-0.2, -0.15) is 5.10 Å². The number of carbonyl (C=O) groups is 1. The van der Waals surface area contributed by atoms with Gasteiger partial charge in [0.2, 0.25) is 5.91 Å². The van der Waals surface area contributed by atoms with Gasteiger partial charge in [-0.05, 0) is 43.1 Å². The number of rotatable bonds is 3. The van der Waals surface area contributed by atoms with Gasteiger partial charge in [0.1, 0.15) is 11.9 Å². The number of amides is 1. The maximum absolute atomic E-state index is 14.5. The third-order valence-corrected chi connectivity index (χ3v) is 3.77. The first-order valence-corrected chi connectivity index (χ1v) is 6.98. The summed E-state index contributed by atoms with van der Waals surface area (Å²) in [7, 11) is 0. The molecule has 2 aromatic rings. The Balaban J connectivity index is 0.00000132. The Kier molecular flexibility index (Phi) is 7.00. The van der Waals surface area contributed by atoms with Crippen LogP contribution in [-0.2, 0) is 17.8 Å². The number of fused-ring (bicyclic) bond motifs is 1. The summed E-state index contributed by atoms with van der Waals surface area (Å²) in [5, 5.41) is 9.88. The molecule has 0 saturated heterocycles. The van der Waals surface area contributed by atoms with Crippen LogP contribution in [0.15, 0.2) is 30.6 Å². The minimum Gasteiger partial charge on any atom is -0.322 e. The Labute approximate surface area is 146 Å². The third-order valence-electron chi connectivity index (χ3n) is 3.77. The number of aromatic nitrogens is 2. The smallest absolute Gasteiger partial charge is 0.249 e. The first-order chi connectivity index (χ1) is 10.2. The SMILES string of the molecule is CC(C(=O)Nc1ccc2c(c1F)CCNC2)n1cccn1.Cl.Cl. The molecule has 3 rings (SSSR count).